The number of hydrogen-bond donors (Lipinski definition) is 0. The van der Waals surface area contributed by atoms with E-state index in [1.807, 2.05) is 18.4 Å². The second-order valence-electron chi connectivity index (χ2n) is 1.49. The summed E-state index contributed by atoms with van der Waals surface area (Å²) in [5.74, 6) is 0. The predicted octanol–water partition coefficient (Wildman–Crippen LogP) is 2.46. The number of halogens is 1. The van der Waals surface area contributed by atoms with Gasteiger partial charge in [0.15, 0.2) is 0 Å². The van der Waals surface area contributed by atoms with Crippen LogP contribution in [0.2, 0.25) is 5.02 Å². The zero-order chi connectivity index (χ0) is 6.69. The molecule has 0 unspecified atom stereocenters. The van der Waals surface area contributed by atoms with E-state index in [-0.39, 0.29) is 0 Å². The summed E-state index contributed by atoms with van der Waals surface area (Å²) < 4.78 is 0. The third-order valence-electron chi connectivity index (χ3n) is 0.918. The summed E-state index contributed by atoms with van der Waals surface area (Å²) in [7, 11) is 0. The molecule has 0 aliphatic carbocycles. The summed E-state index contributed by atoms with van der Waals surface area (Å²) in [5, 5.41) is 1.61. The maximum atomic E-state index is 5.74. The maximum absolute atomic E-state index is 5.74. The summed E-state index contributed by atoms with van der Waals surface area (Å²) in [6.07, 6.45) is 3.69. The first-order valence-corrected chi connectivity index (χ1v) is 4.09. The van der Waals surface area contributed by atoms with Crippen molar-refractivity contribution in [3.8, 4) is 0 Å². The molecule has 0 radical (unpaired) electrons. The lowest BCUT2D eigenvalue weighted by Gasteiger charge is -1.94. The molecule has 0 N–H and O–H groups in total. The molecule has 0 saturated heterocycles. The van der Waals surface area contributed by atoms with Crippen LogP contribution < -0.4 is 0 Å². The molecule has 0 bridgehead atoms. The highest BCUT2D eigenvalue weighted by Crippen LogP contribution is 2.20. The molecule has 1 nitrogen and oxygen atoms in total. The lowest BCUT2D eigenvalue weighted by atomic mass is 10.5. The van der Waals surface area contributed by atoms with E-state index in [2.05, 4.69) is 4.98 Å². The highest BCUT2D eigenvalue weighted by atomic mass is 35.5. The minimum atomic E-state index is 0.727. The highest BCUT2D eigenvalue weighted by Gasteiger charge is 1.94. The minimum absolute atomic E-state index is 0.727. The topological polar surface area (TPSA) is 12.9 Å². The van der Waals surface area contributed by atoms with Gasteiger partial charge in [-0.25, -0.2) is 4.98 Å². The molecule has 0 amide bonds. The average molecular weight is 160 g/mol. The summed E-state index contributed by atoms with van der Waals surface area (Å²) >= 11 is 7.29. The second kappa shape index (κ2) is 3.08. The Morgan fingerprint density at radius 3 is 2.89 bits per heavy atom. The van der Waals surface area contributed by atoms with Crippen LogP contribution in [0.1, 0.15) is 0 Å². The van der Waals surface area contributed by atoms with Crippen molar-refractivity contribution in [3.05, 3.63) is 23.4 Å². The first-order chi connectivity index (χ1) is 4.34. The van der Waals surface area contributed by atoms with Crippen LogP contribution in [0.3, 0.4) is 0 Å². The third-order valence-corrected chi connectivity index (χ3v) is 2.05. The first-order valence-electron chi connectivity index (χ1n) is 2.49. The molecule has 9 heavy (non-hydrogen) atoms. The van der Waals surface area contributed by atoms with E-state index in [1.165, 1.54) is 0 Å². The zero-order valence-electron chi connectivity index (χ0n) is 4.97. The van der Waals surface area contributed by atoms with Gasteiger partial charge in [-0.15, -0.1) is 11.8 Å². The van der Waals surface area contributed by atoms with Gasteiger partial charge in [-0.05, 0) is 18.4 Å². The van der Waals surface area contributed by atoms with Gasteiger partial charge in [-0.3, -0.25) is 0 Å². The van der Waals surface area contributed by atoms with Crippen molar-refractivity contribution in [2.24, 2.45) is 0 Å². The first kappa shape index (κ1) is 6.90. The van der Waals surface area contributed by atoms with Crippen LogP contribution in [0.15, 0.2) is 23.4 Å². The second-order valence-corrected chi connectivity index (χ2v) is 2.70. The Morgan fingerprint density at radius 2 is 2.44 bits per heavy atom. The molecule has 1 heterocycles. The summed E-state index contributed by atoms with van der Waals surface area (Å²) in [4.78, 5) is 4.03. The van der Waals surface area contributed by atoms with Crippen molar-refractivity contribution in [2.75, 3.05) is 6.26 Å². The van der Waals surface area contributed by atoms with Gasteiger partial charge in [0.05, 0.1) is 5.02 Å². The van der Waals surface area contributed by atoms with E-state index in [1.54, 1.807) is 18.0 Å². The Hall–Kier alpha value is -0.210. The van der Waals surface area contributed by atoms with Gasteiger partial charge in [0.25, 0.3) is 0 Å². The number of rotatable bonds is 1. The standard InChI is InChI=1S/C6H6ClNS/c1-9-6-5(7)3-2-4-8-6/h2-4H,1H3. The molecule has 0 fully saturated rings. The highest BCUT2D eigenvalue weighted by molar-refractivity contribution is 7.98. The number of thioether (sulfide) groups is 1. The van der Waals surface area contributed by atoms with Crippen molar-refractivity contribution in [1.82, 2.24) is 4.98 Å². The largest absolute Gasteiger partial charge is 0.248 e. The Labute approximate surface area is 63.4 Å². The van der Waals surface area contributed by atoms with Crippen LogP contribution in [0, 0.1) is 0 Å². The quantitative estimate of drug-likeness (QED) is 0.584. The van der Waals surface area contributed by atoms with Crippen LogP contribution >= 0.6 is 23.4 Å². The fourth-order valence-corrected chi connectivity index (χ4v) is 1.30. The molecule has 1 rings (SSSR count). The molecule has 1 aromatic heterocycles. The van der Waals surface area contributed by atoms with E-state index in [4.69, 9.17) is 11.6 Å². The monoisotopic (exact) mass is 159 g/mol. The third kappa shape index (κ3) is 1.60. The van der Waals surface area contributed by atoms with Crippen molar-refractivity contribution >= 4 is 23.4 Å². The molecule has 0 aromatic carbocycles. The van der Waals surface area contributed by atoms with Crippen LogP contribution in [-0.4, -0.2) is 11.2 Å². The van der Waals surface area contributed by atoms with Crippen LogP contribution in [0.5, 0.6) is 0 Å². The van der Waals surface area contributed by atoms with Crippen LogP contribution in [-0.2, 0) is 0 Å². The summed E-state index contributed by atoms with van der Waals surface area (Å²) in [5.41, 5.74) is 0. The number of pyridine rings is 1. The molecule has 0 atom stereocenters. The average Bonchev–Trinajstić information content (AvgIpc) is 1.89. The molecular formula is C6H6ClNS. The summed E-state index contributed by atoms with van der Waals surface area (Å²) in [6, 6.07) is 3.66. The smallest absolute Gasteiger partial charge is 0.114 e. The number of hydrogen-bond acceptors (Lipinski definition) is 2. The summed E-state index contributed by atoms with van der Waals surface area (Å²) in [6.45, 7) is 0. The van der Waals surface area contributed by atoms with E-state index in [9.17, 15) is 0 Å². The Kier molecular flexibility index (Phi) is 2.37. The van der Waals surface area contributed by atoms with E-state index < -0.39 is 0 Å². The normalized spacial score (nSPS) is 9.56. The van der Waals surface area contributed by atoms with E-state index in [0.29, 0.717) is 0 Å². The Balaban J connectivity index is 3.01. The van der Waals surface area contributed by atoms with Gasteiger partial charge in [-0.2, -0.15) is 0 Å². The molecule has 3 heteroatoms. The van der Waals surface area contributed by atoms with Crippen LogP contribution in [0.25, 0.3) is 0 Å². The van der Waals surface area contributed by atoms with E-state index >= 15 is 0 Å². The zero-order valence-corrected chi connectivity index (χ0v) is 6.54. The molecular weight excluding hydrogens is 154 g/mol. The molecule has 48 valence electrons. The fraction of sp³-hybridized carbons (Fsp3) is 0.167. The van der Waals surface area contributed by atoms with Crippen molar-refractivity contribution in [1.29, 1.82) is 0 Å². The molecule has 0 aliphatic heterocycles. The van der Waals surface area contributed by atoms with Crippen molar-refractivity contribution < 1.29 is 0 Å². The van der Waals surface area contributed by atoms with E-state index in [0.717, 1.165) is 10.0 Å². The van der Waals surface area contributed by atoms with Gasteiger partial charge in [0.2, 0.25) is 0 Å². The van der Waals surface area contributed by atoms with Crippen molar-refractivity contribution in [2.45, 2.75) is 5.03 Å². The maximum Gasteiger partial charge on any atom is 0.114 e. The molecule has 0 spiro atoms. The molecule has 1 aromatic rings. The van der Waals surface area contributed by atoms with Gasteiger partial charge >= 0.3 is 0 Å². The van der Waals surface area contributed by atoms with Gasteiger partial charge in [0.1, 0.15) is 5.03 Å². The number of nitrogens with zero attached hydrogens (tertiary/aromatic N) is 1. The van der Waals surface area contributed by atoms with Gasteiger partial charge in [0, 0.05) is 6.20 Å². The lowest BCUT2D eigenvalue weighted by Crippen LogP contribution is -1.76. The molecule has 0 saturated carbocycles. The van der Waals surface area contributed by atoms with Gasteiger partial charge < -0.3 is 0 Å². The van der Waals surface area contributed by atoms with Gasteiger partial charge in [-0.1, -0.05) is 11.6 Å². The molecule has 0 aliphatic rings. The lowest BCUT2D eigenvalue weighted by molar-refractivity contribution is 1.14. The number of aromatic nitrogens is 1. The predicted molar refractivity (Wildman–Crippen MR) is 41.0 cm³/mol. The Morgan fingerprint density at radius 1 is 1.67 bits per heavy atom. The fourth-order valence-electron chi connectivity index (χ4n) is 0.521. The Bertz CT molecular complexity index is 202. The SMILES string of the molecule is CSc1ncccc1Cl. The minimum Gasteiger partial charge on any atom is -0.248 e. The van der Waals surface area contributed by atoms with Crippen molar-refractivity contribution in [3.63, 3.8) is 0 Å². The van der Waals surface area contributed by atoms with Crippen LogP contribution in [0.4, 0.5) is 0 Å².